The van der Waals surface area contributed by atoms with E-state index >= 15 is 0 Å². The van der Waals surface area contributed by atoms with Crippen molar-refractivity contribution in [1.29, 1.82) is 0 Å². The van der Waals surface area contributed by atoms with Gasteiger partial charge in [-0.15, -0.1) is 0 Å². The number of benzene rings is 2. The number of aliphatic hydroxyl groups is 2. The van der Waals surface area contributed by atoms with Crippen molar-refractivity contribution in [3.8, 4) is 0 Å². The molecule has 0 aromatic heterocycles. The summed E-state index contributed by atoms with van der Waals surface area (Å²) in [4.78, 5) is 26.5. The molecule has 3 fully saturated rings. The molecule has 1 aliphatic heterocycles. The monoisotopic (exact) mass is 601 g/mol. The maximum atomic E-state index is 13.7. The van der Waals surface area contributed by atoms with E-state index in [4.69, 9.17) is 11.6 Å². The predicted molar refractivity (Wildman–Crippen MR) is 138 cm³/mol. The molecule has 2 aromatic carbocycles. The van der Waals surface area contributed by atoms with E-state index in [0.717, 1.165) is 6.07 Å². The fourth-order valence-electron chi connectivity index (χ4n) is 6.00. The second-order valence-electron chi connectivity index (χ2n) is 10.6. The van der Waals surface area contributed by atoms with Crippen molar-refractivity contribution in [2.24, 2.45) is 11.8 Å². The van der Waals surface area contributed by atoms with Crippen molar-refractivity contribution in [1.82, 2.24) is 10.2 Å². The van der Waals surface area contributed by atoms with Crippen LogP contribution in [0.1, 0.15) is 36.0 Å². The summed E-state index contributed by atoms with van der Waals surface area (Å²) in [6.45, 7) is 0.0268. The molecule has 5 rings (SSSR count). The van der Waals surface area contributed by atoms with Crippen molar-refractivity contribution in [3.63, 3.8) is 0 Å². The van der Waals surface area contributed by atoms with E-state index in [1.807, 2.05) is 0 Å². The second-order valence-corrected chi connectivity index (χ2v) is 13.2. The highest BCUT2D eigenvalue weighted by Gasteiger charge is 2.48. The molecule has 1 saturated heterocycles. The van der Waals surface area contributed by atoms with Gasteiger partial charge in [0.25, 0.3) is 5.91 Å². The molecule has 2 bridgehead atoms. The number of halogens is 4. The van der Waals surface area contributed by atoms with E-state index in [0.29, 0.717) is 25.0 Å². The molecule has 0 radical (unpaired) electrons. The first-order valence-electron chi connectivity index (χ1n) is 12.8. The van der Waals surface area contributed by atoms with Crippen LogP contribution in [-0.4, -0.2) is 72.1 Å². The van der Waals surface area contributed by atoms with Crippen LogP contribution in [0, 0.1) is 29.3 Å². The average Bonchev–Trinajstić information content (AvgIpc) is 3.34. The number of carbonyl (C=O) groups is 2. The van der Waals surface area contributed by atoms with Gasteiger partial charge in [-0.25, -0.2) is 26.4 Å². The number of nitrogens with zero attached hydrogens (tertiary/aromatic N) is 1. The lowest BCUT2D eigenvalue weighted by Gasteiger charge is -2.36. The fourth-order valence-corrected chi connectivity index (χ4v) is 8.44. The number of carbonyl (C=O) groups excluding carboxylic acids is 2. The number of hydrogen-bond donors (Lipinski definition) is 4. The number of fused-ring (bicyclic) bond motifs is 2. The number of nitrogens with one attached hydrogen (secondary N) is 2. The Morgan fingerprint density at radius 1 is 0.950 bits per heavy atom. The summed E-state index contributed by atoms with van der Waals surface area (Å²) in [5.41, 5.74) is -0.484. The van der Waals surface area contributed by atoms with Gasteiger partial charge in [0.2, 0.25) is 0 Å². The van der Waals surface area contributed by atoms with Crippen LogP contribution < -0.4 is 10.6 Å². The molecule has 3 amide bonds. The normalized spacial score (nSPS) is 28.0. The van der Waals surface area contributed by atoms with Crippen molar-refractivity contribution >= 4 is 39.1 Å². The first kappa shape index (κ1) is 28.7. The van der Waals surface area contributed by atoms with E-state index in [-0.39, 0.29) is 65.0 Å². The molecule has 9 nitrogen and oxygen atoms in total. The molecule has 3 aliphatic rings. The lowest BCUT2D eigenvalue weighted by atomic mass is 9.84. The Balaban J connectivity index is 1.30. The minimum absolute atomic E-state index is 0.0134. The quantitative estimate of drug-likeness (QED) is 0.389. The maximum absolute atomic E-state index is 13.7. The molecule has 0 spiro atoms. The molecule has 2 aromatic rings. The number of urea groups is 1. The Kier molecular flexibility index (Phi) is 7.77. The van der Waals surface area contributed by atoms with Gasteiger partial charge >= 0.3 is 6.03 Å². The number of rotatable bonds is 5. The minimum Gasteiger partial charge on any atom is -0.388 e. The van der Waals surface area contributed by atoms with Gasteiger partial charge in [-0.1, -0.05) is 11.6 Å². The Hall–Kier alpha value is -2.87. The van der Waals surface area contributed by atoms with Crippen molar-refractivity contribution in [3.05, 3.63) is 58.4 Å². The van der Waals surface area contributed by atoms with Gasteiger partial charge in [0, 0.05) is 29.4 Å². The molecule has 2 aliphatic carbocycles. The summed E-state index contributed by atoms with van der Waals surface area (Å²) in [6, 6.07) is 4.14. The third-order valence-corrected chi connectivity index (χ3v) is 10.7. The number of aliphatic hydroxyl groups excluding tert-OH is 2. The van der Waals surface area contributed by atoms with Gasteiger partial charge in [0.1, 0.15) is 0 Å². The molecule has 4 atom stereocenters. The molecule has 4 unspecified atom stereocenters. The predicted octanol–water partition coefficient (Wildman–Crippen LogP) is 3.09. The van der Waals surface area contributed by atoms with Crippen LogP contribution in [0.2, 0.25) is 5.02 Å². The molecule has 4 N–H and O–H groups in total. The molecule has 216 valence electrons. The number of likely N-dealkylation sites (tertiary alicyclic amines) is 1. The molecule has 40 heavy (non-hydrogen) atoms. The van der Waals surface area contributed by atoms with Crippen molar-refractivity contribution in [2.75, 3.05) is 18.4 Å². The first-order valence-corrected chi connectivity index (χ1v) is 14.7. The summed E-state index contributed by atoms with van der Waals surface area (Å²) in [5.74, 6) is -5.78. The smallest absolute Gasteiger partial charge is 0.317 e. The highest BCUT2D eigenvalue weighted by atomic mass is 35.5. The van der Waals surface area contributed by atoms with E-state index in [1.54, 1.807) is 0 Å². The zero-order valence-corrected chi connectivity index (χ0v) is 22.6. The summed E-state index contributed by atoms with van der Waals surface area (Å²) in [6.07, 6.45) is -0.0685. The zero-order valence-electron chi connectivity index (χ0n) is 21.0. The summed E-state index contributed by atoms with van der Waals surface area (Å²) in [7, 11) is -4.02. The van der Waals surface area contributed by atoms with Gasteiger partial charge in [-0.05, 0) is 55.7 Å². The average molecular weight is 602 g/mol. The van der Waals surface area contributed by atoms with Crippen LogP contribution >= 0.6 is 11.6 Å². The van der Waals surface area contributed by atoms with Crippen LogP contribution in [0.3, 0.4) is 0 Å². The van der Waals surface area contributed by atoms with E-state index < -0.39 is 56.7 Å². The summed E-state index contributed by atoms with van der Waals surface area (Å²) in [5, 5.41) is 23.7. The lowest BCUT2D eigenvalue weighted by molar-refractivity contribution is 0.0572. The van der Waals surface area contributed by atoms with Crippen LogP contribution in [-0.2, 0) is 9.84 Å². The molecule has 1 heterocycles. The Labute approximate surface area is 233 Å². The number of amides is 3. The van der Waals surface area contributed by atoms with Crippen molar-refractivity contribution < 1.29 is 41.4 Å². The summed E-state index contributed by atoms with van der Waals surface area (Å²) < 4.78 is 67.7. The first-order chi connectivity index (χ1) is 18.8. The molecule has 2 saturated carbocycles. The molecular formula is C26H27ClF3N3O6S. The Bertz CT molecular complexity index is 1410. The maximum Gasteiger partial charge on any atom is 0.317 e. The van der Waals surface area contributed by atoms with Crippen LogP contribution in [0.25, 0.3) is 0 Å². The zero-order chi connectivity index (χ0) is 28.9. The van der Waals surface area contributed by atoms with E-state index in [1.165, 1.54) is 17.0 Å². The second kappa shape index (κ2) is 10.8. The SMILES string of the molecule is O=C(Nc1cc(F)c(F)c(F)c1)c1ccc(Cl)c(S(=O)(=O)C2CC3CCC(C2)C3NC(=O)N2CC(O)C(O)C2)c1. The number of sulfone groups is 1. The van der Waals surface area contributed by atoms with Gasteiger partial charge in [0.05, 0.1) is 40.5 Å². The highest BCUT2D eigenvalue weighted by Crippen LogP contribution is 2.46. The lowest BCUT2D eigenvalue weighted by Crippen LogP contribution is -2.51. The fraction of sp³-hybridized carbons (Fsp3) is 0.462. The van der Waals surface area contributed by atoms with Crippen LogP contribution in [0.4, 0.5) is 23.7 Å². The van der Waals surface area contributed by atoms with Gasteiger partial charge in [0.15, 0.2) is 27.3 Å². The standard InChI is InChI=1S/C26H27ClF3N3O6S/c27-17-4-3-14(25(36)31-15-8-18(28)23(30)19(29)9-15)7-22(17)40(38,39)16-5-12-1-2-13(6-16)24(12)32-26(37)33-10-20(34)21(35)11-33/h3-4,7-9,12-13,16,20-21,24,34-35H,1-2,5-6,10-11H2,(H,31,36)(H,32,37). The third kappa shape index (κ3) is 5.39. The largest absolute Gasteiger partial charge is 0.388 e. The van der Waals surface area contributed by atoms with Gasteiger partial charge < -0.3 is 25.7 Å². The van der Waals surface area contributed by atoms with Crippen LogP contribution in [0.15, 0.2) is 35.2 Å². The number of anilines is 1. The van der Waals surface area contributed by atoms with Gasteiger partial charge in [-0.2, -0.15) is 0 Å². The van der Waals surface area contributed by atoms with Crippen LogP contribution in [0.5, 0.6) is 0 Å². The van der Waals surface area contributed by atoms with Gasteiger partial charge in [-0.3, -0.25) is 4.79 Å². The Morgan fingerprint density at radius 3 is 2.10 bits per heavy atom. The molecular weight excluding hydrogens is 575 g/mol. The highest BCUT2D eigenvalue weighted by molar-refractivity contribution is 7.92. The number of β-amino-alcohol motifs (C(OH)–C–C–N with tert-alkyl or cyclic N) is 2. The third-order valence-electron chi connectivity index (χ3n) is 8.07. The summed E-state index contributed by atoms with van der Waals surface area (Å²) >= 11 is 6.25. The Morgan fingerprint density at radius 2 is 1.52 bits per heavy atom. The van der Waals surface area contributed by atoms with E-state index in [2.05, 4.69) is 10.6 Å². The number of hydrogen-bond acceptors (Lipinski definition) is 6. The minimum atomic E-state index is -4.02. The topological polar surface area (TPSA) is 136 Å². The van der Waals surface area contributed by atoms with Crippen molar-refractivity contribution in [2.45, 2.75) is 54.1 Å². The van der Waals surface area contributed by atoms with E-state index in [9.17, 15) is 41.4 Å². The molecule has 14 heteroatoms.